The number of halogens is 1. The van der Waals surface area contributed by atoms with Crippen LogP contribution in [0.2, 0.25) is 5.15 Å². The molecule has 4 nitrogen and oxygen atoms in total. The normalized spacial score (nSPS) is 10.5. The smallest absolute Gasteiger partial charge is 0.182 e. The van der Waals surface area contributed by atoms with Crippen molar-refractivity contribution < 1.29 is 0 Å². The number of aromatic amines is 1. The van der Waals surface area contributed by atoms with E-state index in [2.05, 4.69) is 19.9 Å². The number of nitrogens with one attached hydrogen (secondary N) is 1. The molecule has 2 rings (SSSR count). The van der Waals surface area contributed by atoms with Gasteiger partial charge in [-0.1, -0.05) is 11.6 Å². The van der Waals surface area contributed by atoms with Crippen LogP contribution in [0, 0.1) is 0 Å². The minimum atomic E-state index is 0.405. The topological polar surface area (TPSA) is 54.5 Å². The van der Waals surface area contributed by atoms with Gasteiger partial charge in [-0.25, -0.2) is 15.0 Å². The van der Waals surface area contributed by atoms with E-state index in [1.165, 1.54) is 12.7 Å². The van der Waals surface area contributed by atoms with E-state index in [1.54, 1.807) is 0 Å². The van der Waals surface area contributed by atoms with Crippen LogP contribution in [0.15, 0.2) is 12.7 Å². The number of nitrogens with zero attached hydrogens (tertiary/aromatic N) is 3. The fourth-order valence-corrected chi connectivity index (χ4v) is 0.918. The summed E-state index contributed by atoms with van der Waals surface area (Å²) < 4.78 is 0. The molecule has 2 heterocycles. The van der Waals surface area contributed by atoms with Crippen LogP contribution in [0.3, 0.4) is 0 Å². The summed E-state index contributed by atoms with van der Waals surface area (Å²) in [6, 6.07) is 0. The van der Waals surface area contributed by atoms with Gasteiger partial charge in [0.25, 0.3) is 0 Å². The van der Waals surface area contributed by atoms with E-state index in [0.717, 1.165) is 0 Å². The van der Waals surface area contributed by atoms with Gasteiger partial charge < -0.3 is 4.98 Å². The van der Waals surface area contributed by atoms with Crippen LogP contribution in [0.4, 0.5) is 0 Å². The quantitative estimate of drug-likeness (QED) is 0.579. The maximum atomic E-state index is 5.68. The predicted molar refractivity (Wildman–Crippen MR) is 36.7 cm³/mol. The maximum Gasteiger partial charge on any atom is 0.182 e. The number of aromatic nitrogens is 4. The molecule has 0 bridgehead atoms. The summed E-state index contributed by atoms with van der Waals surface area (Å²) in [6.45, 7) is 0. The molecule has 0 amide bonds. The zero-order chi connectivity index (χ0) is 6.97. The van der Waals surface area contributed by atoms with Crippen molar-refractivity contribution >= 4 is 22.8 Å². The Morgan fingerprint density at radius 1 is 1.30 bits per heavy atom. The largest absolute Gasteiger partial charge is 0.341 e. The van der Waals surface area contributed by atoms with E-state index in [9.17, 15) is 0 Å². The predicted octanol–water partition coefficient (Wildman–Crippen LogP) is 1.01. The number of hydrogen-bond acceptors (Lipinski definition) is 3. The van der Waals surface area contributed by atoms with Crippen LogP contribution in [-0.4, -0.2) is 19.9 Å². The number of imidazole rings is 1. The highest BCUT2D eigenvalue weighted by molar-refractivity contribution is 6.33. The van der Waals surface area contributed by atoms with E-state index in [0.29, 0.717) is 16.3 Å². The first-order valence-electron chi connectivity index (χ1n) is 2.67. The standard InChI is InChI=1S/C5H3ClN4/c6-4-3-5(9-1-7-3)10-2-8-4/h1-2H,(H,7,8,9,10)/i1+1,9+1. The summed E-state index contributed by atoms with van der Waals surface area (Å²) in [6.07, 6.45) is 2.91. The Bertz CT molecular complexity index is 355. The van der Waals surface area contributed by atoms with Gasteiger partial charge in [-0.05, 0) is 0 Å². The molecule has 0 radical (unpaired) electrons. The fraction of sp³-hybridized carbons (Fsp3) is 0. The lowest BCUT2D eigenvalue weighted by Crippen LogP contribution is -1.80. The van der Waals surface area contributed by atoms with Gasteiger partial charge in [-0.2, -0.15) is 0 Å². The molecule has 0 atom stereocenters. The fourth-order valence-electron chi connectivity index (χ4n) is 0.736. The molecule has 10 heavy (non-hydrogen) atoms. The van der Waals surface area contributed by atoms with Gasteiger partial charge in [0.2, 0.25) is 0 Å². The Balaban J connectivity index is 2.95. The highest BCUT2D eigenvalue weighted by Crippen LogP contribution is 2.13. The van der Waals surface area contributed by atoms with E-state index < -0.39 is 0 Å². The minimum absolute atomic E-state index is 0.405. The van der Waals surface area contributed by atoms with Gasteiger partial charge in [0, 0.05) is 0 Å². The van der Waals surface area contributed by atoms with Crippen molar-refractivity contribution in [2.24, 2.45) is 0 Å². The molecule has 0 unspecified atom stereocenters. The Labute approximate surface area is 61.3 Å². The van der Waals surface area contributed by atoms with Crippen LogP contribution >= 0.6 is 11.6 Å². The molecule has 0 aromatic carbocycles. The molecule has 0 saturated carbocycles. The zero-order valence-electron chi connectivity index (χ0n) is 4.87. The SMILES string of the molecule is Clc1ncnc2[15n][13cH][nH]c12. The van der Waals surface area contributed by atoms with Crippen molar-refractivity contribution in [3.05, 3.63) is 17.8 Å². The zero-order valence-corrected chi connectivity index (χ0v) is 5.63. The molecule has 0 spiro atoms. The molecule has 50 valence electrons. The third-order valence-corrected chi connectivity index (χ3v) is 1.46. The first-order valence-corrected chi connectivity index (χ1v) is 3.05. The second-order valence-corrected chi connectivity index (χ2v) is 2.12. The number of H-pyrrole nitrogens is 1. The number of fused-ring (bicyclic) bond motifs is 1. The Morgan fingerprint density at radius 2 is 2.20 bits per heavy atom. The van der Waals surface area contributed by atoms with Crippen molar-refractivity contribution in [3.8, 4) is 0 Å². The summed E-state index contributed by atoms with van der Waals surface area (Å²) in [5.41, 5.74) is 1.28. The van der Waals surface area contributed by atoms with Crippen molar-refractivity contribution in [2.75, 3.05) is 0 Å². The molecule has 2 aromatic heterocycles. The average molecular weight is 157 g/mol. The van der Waals surface area contributed by atoms with Crippen LogP contribution in [0.25, 0.3) is 11.2 Å². The molecule has 2 aromatic rings. The van der Waals surface area contributed by atoms with Crippen molar-refractivity contribution in [1.82, 2.24) is 19.9 Å². The Hall–Kier alpha value is -1.16. The molecule has 0 saturated heterocycles. The second-order valence-electron chi connectivity index (χ2n) is 1.77. The van der Waals surface area contributed by atoms with Gasteiger partial charge >= 0.3 is 0 Å². The first-order chi connectivity index (χ1) is 4.88. The molecule has 1 N–H and O–H groups in total. The molecular weight excluding hydrogens is 154 g/mol. The Morgan fingerprint density at radius 3 is 3.00 bits per heavy atom. The van der Waals surface area contributed by atoms with E-state index >= 15 is 0 Å². The highest BCUT2D eigenvalue weighted by Gasteiger charge is 2.00. The summed E-state index contributed by atoms with van der Waals surface area (Å²) in [5, 5.41) is 0.405. The highest BCUT2D eigenvalue weighted by atomic mass is 35.5. The lowest BCUT2D eigenvalue weighted by molar-refractivity contribution is 1.20. The van der Waals surface area contributed by atoms with E-state index in [-0.39, 0.29) is 0 Å². The third kappa shape index (κ3) is 0.657. The van der Waals surface area contributed by atoms with Crippen LogP contribution in [-0.2, 0) is 0 Å². The van der Waals surface area contributed by atoms with Crippen molar-refractivity contribution in [2.45, 2.75) is 0 Å². The molecule has 0 aliphatic carbocycles. The van der Waals surface area contributed by atoms with Crippen LogP contribution in [0.1, 0.15) is 0 Å². The summed E-state index contributed by atoms with van der Waals surface area (Å²) in [7, 11) is 0. The summed E-state index contributed by atoms with van der Waals surface area (Å²) in [4.78, 5) is 14.3. The van der Waals surface area contributed by atoms with Gasteiger partial charge in [-0.3, -0.25) is 0 Å². The Kier molecular flexibility index (Phi) is 1.07. The molecule has 0 aliphatic rings. The first kappa shape index (κ1) is 5.61. The lowest BCUT2D eigenvalue weighted by Gasteiger charge is -1.86. The van der Waals surface area contributed by atoms with Crippen molar-refractivity contribution in [3.63, 3.8) is 0 Å². The second kappa shape index (κ2) is 1.91. The average Bonchev–Trinajstić information content (AvgIpc) is 2.36. The van der Waals surface area contributed by atoms with Crippen LogP contribution < -0.4 is 0 Å². The molecule has 0 fully saturated rings. The van der Waals surface area contributed by atoms with E-state index in [4.69, 9.17) is 11.6 Å². The van der Waals surface area contributed by atoms with Crippen LogP contribution in [0.5, 0.6) is 0 Å². The summed E-state index contributed by atoms with van der Waals surface area (Å²) in [5.74, 6) is 0. The molecular formula is C5H3ClN4. The lowest BCUT2D eigenvalue weighted by atomic mass is 10.6. The van der Waals surface area contributed by atoms with Gasteiger partial charge in [0.05, 0.1) is 6.33 Å². The minimum Gasteiger partial charge on any atom is -0.341 e. The van der Waals surface area contributed by atoms with Gasteiger partial charge in [0.1, 0.15) is 11.8 Å². The van der Waals surface area contributed by atoms with Gasteiger partial charge in [0.15, 0.2) is 10.8 Å². The third-order valence-electron chi connectivity index (χ3n) is 1.18. The number of rotatable bonds is 0. The van der Waals surface area contributed by atoms with Crippen molar-refractivity contribution in [1.29, 1.82) is 0 Å². The number of hydrogen-bond donors (Lipinski definition) is 1. The maximum absolute atomic E-state index is 5.68. The summed E-state index contributed by atoms with van der Waals surface area (Å²) >= 11 is 5.68. The van der Waals surface area contributed by atoms with Gasteiger partial charge in [-0.15, -0.1) is 0 Å². The molecule has 5 heteroatoms. The van der Waals surface area contributed by atoms with E-state index in [1.807, 2.05) is 0 Å². The molecule has 0 aliphatic heterocycles. The monoisotopic (exact) mass is 156 g/mol.